The maximum atomic E-state index is 11.7. The standard InChI is InChI=1S/C13H18O2/c1-11-6-5-7-12(10-11)13(15)8-3-2-4-9-14/h5-7,10,14H,2-4,8-9H2,1H3. The molecule has 2 nitrogen and oxygen atoms in total. The Bertz CT molecular complexity index is 318. The van der Waals surface area contributed by atoms with Crippen molar-refractivity contribution in [2.75, 3.05) is 6.61 Å². The highest BCUT2D eigenvalue weighted by atomic mass is 16.2. The van der Waals surface area contributed by atoms with Crippen molar-refractivity contribution in [3.63, 3.8) is 0 Å². The van der Waals surface area contributed by atoms with E-state index in [0.717, 1.165) is 30.4 Å². The van der Waals surface area contributed by atoms with E-state index in [0.29, 0.717) is 6.42 Å². The fraction of sp³-hybridized carbons (Fsp3) is 0.462. The molecule has 1 N–H and O–H groups in total. The summed E-state index contributed by atoms with van der Waals surface area (Å²) in [6.45, 7) is 2.21. The van der Waals surface area contributed by atoms with Crippen molar-refractivity contribution < 1.29 is 9.90 Å². The van der Waals surface area contributed by atoms with Crippen LogP contribution in [0.15, 0.2) is 24.3 Å². The average Bonchev–Trinajstić information content (AvgIpc) is 2.24. The van der Waals surface area contributed by atoms with Crippen LogP contribution in [-0.4, -0.2) is 17.5 Å². The van der Waals surface area contributed by atoms with Gasteiger partial charge in [-0.1, -0.05) is 30.2 Å². The summed E-state index contributed by atoms with van der Waals surface area (Å²) in [5, 5.41) is 8.60. The number of rotatable bonds is 6. The fourth-order valence-corrected chi connectivity index (χ4v) is 1.54. The minimum Gasteiger partial charge on any atom is -0.396 e. The quantitative estimate of drug-likeness (QED) is 0.574. The van der Waals surface area contributed by atoms with Crippen molar-refractivity contribution in [2.45, 2.75) is 32.6 Å². The zero-order chi connectivity index (χ0) is 11.1. The highest BCUT2D eigenvalue weighted by Crippen LogP contribution is 2.09. The summed E-state index contributed by atoms with van der Waals surface area (Å²) in [5.41, 5.74) is 1.93. The fourth-order valence-electron chi connectivity index (χ4n) is 1.54. The lowest BCUT2D eigenvalue weighted by atomic mass is 10.0. The number of Topliss-reactive ketones (excluding diaryl/α,β-unsaturated/α-hetero) is 1. The van der Waals surface area contributed by atoms with E-state index in [1.807, 2.05) is 31.2 Å². The van der Waals surface area contributed by atoms with E-state index in [1.54, 1.807) is 0 Å². The van der Waals surface area contributed by atoms with Gasteiger partial charge in [-0.2, -0.15) is 0 Å². The normalized spacial score (nSPS) is 10.3. The molecule has 1 aromatic rings. The number of benzene rings is 1. The van der Waals surface area contributed by atoms with Crippen LogP contribution in [-0.2, 0) is 0 Å². The molecule has 0 heterocycles. The third-order valence-corrected chi connectivity index (χ3v) is 2.40. The molecular formula is C13H18O2. The number of hydrogen-bond acceptors (Lipinski definition) is 2. The molecule has 15 heavy (non-hydrogen) atoms. The molecule has 0 atom stereocenters. The van der Waals surface area contributed by atoms with Gasteiger partial charge < -0.3 is 5.11 Å². The van der Waals surface area contributed by atoms with Crippen molar-refractivity contribution in [1.82, 2.24) is 0 Å². The molecule has 0 aliphatic heterocycles. The molecule has 0 unspecified atom stereocenters. The van der Waals surface area contributed by atoms with Crippen LogP contribution in [0.2, 0.25) is 0 Å². The summed E-state index contributed by atoms with van der Waals surface area (Å²) in [6, 6.07) is 7.69. The number of unbranched alkanes of at least 4 members (excludes halogenated alkanes) is 2. The highest BCUT2D eigenvalue weighted by Gasteiger charge is 2.04. The Kier molecular flexibility index (Phi) is 5.05. The molecule has 0 aliphatic rings. The van der Waals surface area contributed by atoms with Crippen molar-refractivity contribution in [3.05, 3.63) is 35.4 Å². The van der Waals surface area contributed by atoms with Gasteiger partial charge in [-0.25, -0.2) is 0 Å². The molecule has 0 spiro atoms. The third kappa shape index (κ3) is 4.26. The van der Waals surface area contributed by atoms with Gasteiger partial charge in [0.15, 0.2) is 5.78 Å². The summed E-state index contributed by atoms with van der Waals surface area (Å²) in [6.07, 6.45) is 3.17. The Morgan fingerprint density at radius 2 is 2.07 bits per heavy atom. The van der Waals surface area contributed by atoms with Gasteiger partial charge in [-0.15, -0.1) is 0 Å². The highest BCUT2D eigenvalue weighted by molar-refractivity contribution is 5.96. The second-order valence-corrected chi connectivity index (χ2v) is 3.83. The predicted octanol–water partition coefficient (Wildman–Crippen LogP) is 2.73. The maximum Gasteiger partial charge on any atom is 0.162 e. The zero-order valence-corrected chi connectivity index (χ0v) is 9.20. The van der Waals surface area contributed by atoms with Gasteiger partial charge in [-0.05, 0) is 25.8 Å². The number of carbonyl (C=O) groups excluding carboxylic acids is 1. The van der Waals surface area contributed by atoms with Crippen LogP contribution < -0.4 is 0 Å². The average molecular weight is 206 g/mol. The molecule has 1 rings (SSSR count). The van der Waals surface area contributed by atoms with Crippen molar-refractivity contribution in [1.29, 1.82) is 0 Å². The van der Waals surface area contributed by atoms with E-state index in [1.165, 1.54) is 0 Å². The molecule has 0 aromatic heterocycles. The Hall–Kier alpha value is -1.15. The van der Waals surface area contributed by atoms with Crippen LogP contribution in [0.3, 0.4) is 0 Å². The number of hydrogen-bond donors (Lipinski definition) is 1. The van der Waals surface area contributed by atoms with E-state index in [9.17, 15) is 4.79 Å². The molecule has 0 aliphatic carbocycles. The Morgan fingerprint density at radius 3 is 2.73 bits per heavy atom. The van der Waals surface area contributed by atoms with Crippen LogP contribution in [0.1, 0.15) is 41.6 Å². The van der Waals surface area contributed by atoms with E-state index in [-0.39, 0.29) is 12.4 Å². The molecular weight excluding hydrogens is 188 g/mol. The van der Waals surface area contributed by atoms with Crippen molar-refractivity contribution in [3.8, 4) is 0 Å². The first-order valence-electron chi connectivity index (χ1n) is 5.45. The third-order valence-electron chi connectivity index (χ3n) is 2.40. The lowest BCUT2D eigenvalue weighted by molar-refractivity contribution is 0.0978. The van der Waals surface area contributed by atoms with Gasteiger partial charge in [-0.3, -0.25) is 4.79 Å². The van der Waals surface area contributed by atoms with E-state index in [4.69, 9.17) is 5.11 Å². The summed E-state index contributed by atoms with van der Waals surface area (Å²) in [4.78, 5) is 11.7. The number of carbonyl (C=O) groups is 1. The number of aryl methyl sites for hydroxylation is 1. The second kappa shape index (κ2) is 6.36. The first-order chi connectivity index (χ1) is 7.24. The molecule has 0 fully saturated rings. The smallest absolute Gasteiger partial charge is 0.162 e. The molecule has 0 amide bonds. The van der Waals surface area contributed by atoms with Gasteiger partial charge in [0.05, 0.1) is 0 Å². The van der Waals surface area contributed by atoms with E-state index < -0.39 is 0 Å². The van der Waals surface area contributed by atoms with Gasteiger partial charge in [0.1, 0.15) is 0 Å². The topological polar surface area (TPSA) is 37.3 Å². The molecule has 0 bridgehead atoms. The van der Waals surface area contributed by atoms with Gasteiger partial charge >= 0.3 is 0 Å². The molecule has 1 aromatic carbocycles. The van der Waals surface area contributed by atoms with E-state index in [2.05, 4.69) is 0 Å². The van der Waals surface area contributed by atoms with Crippen LogP contribution in [0.5, 0.6) is 0 Å². The predicted molar refractivity (Wildman–Crippen MR) is 61.1 cm³/mol. The summed E-state index contributed by atoms with van der Waals surface area (Å²) < 4.78 is 0. The summed E-state index contributed by atoms with van der Waals surface area (Å²) in [5.74, 6) is 0.205. The van der Waals surface area contributed by atoms with Crippen LogP contribution >= 0.6 is 0 Å². The molecule has 0 saturated carbocycles. The van der Waals surface area contributed by atoms with Gasteiger partial charge in [0.2, 0.25) is 0 Å². The van der Waals surface area contributed by atoms with E-state index >= 15 is 0 Å². The maximum absolute atomic E-state index is 11.7. The number of aliphatic hydroxyl groups is 1. The Morgan fingerprint density at radius 1 is 1.27 bits per heavy atom. The Labute approximate surface area is 90.9 Å². The largest absolute Gasteiger partial charge is 0.396 e. The number of ketones is 1. The lowest BCUT2D eigenvalue weighted by Crippen LogP contribution is -1.99. The molecule has 0 saturated heterocycles. The molecule has 2 heteroatoms. The second-order valence-electron chi connectivity index (χ2n) is 3.83. The first-order valence-corrected chi connectivity index (χ1v) is 5.45. The van der Waals surface area contributed by atoms with Crippen molar-refractivity contribution >= 4 is 5.78 Å². The summed E-state index contributed by atoms with van der Waals surface area (Å²) >= 11 is 0. The van der Waals surface area contributed by atoms with Gasteiger partial charge in [0.25, 0.3) is 0 Å². The lowest BCUT2D eigenvalue weighted by Gasteiger charge is -2.01. The summed E-state index contributed by atoms with van der Waals surface area (Å²) in [7, 11) is 0. The van der Waals surface area contributed by atoms with Crippen molar-refractivity contribution in [2.24, 2.45) is 0 Å². The molecule has 82 valence electrons. The number of aliphatic hydroxyl groups excluding tert-OH is 1. The first kappa shape index (κ1) is 11.9. The molecule has 0 radical (unpaired) electrons. The van der Waals surface area contributed by atoms with Crippen LogP contribution in [0.4, 0.5) is 0 Å². The minimum atomic E-state index is 0.205. The monoisotopic (exact) mass is 206 g/mol. The Balaban J connectivity index is 2.40. The van der Waals surface area contributed by atoms with Gasteiger partial charge in [0, 0.05) is 18.6 Å². The minimum absolute atomic E-state index is 0.205. The van der Waals surface area contributed by atoms with Crippen LogP contribution in [0, 0.1) is 6.92 Å². The van der Waals surface area contributed by atoms with Crippen LogP contribution in [0.25, 0.3) is 0 Å². The zero-order valence-electron chi connectivity index (χ0n) is 9.20. The SMILES string of the molecule is Cc1cccc(C(=O)CCCCCO)c1.